The molecule has 1 atom stereocenters. The monoisotopic (exact) mass is 204 g/mol. The van der Waals surface area contributed by atoms with E-state index >= 15 is 0 Å². The van der Waals surface area contributed by atoms with Crippen molar-refractivity contribution in [1.29, 1.82) is 0 Å². The number of thioether (sulfide) groups is 1. The van der Waals surface area contributed by atoms with Gasteiger partial charge >= 0.3 is 0 Å². The summed E-state index contributed by atoms with van der Waals surface area (Å²) in [6, 6.07) is -0.100. The molecule has 0 spiro atoms. The van der Waals surface area contributed by atoms with E-state index < -0.39 is 0 Å². The number of hydrogen-bond donors (Lipinski definition) is 2. The molecule has 0 radical (unpaired) electrons. The Bertz CT molecular complexity index is 196. The number of hydrogen-bond acceptors (Lipinski definition) is 3. The molecule has 0 bridgehead atoms. The Labute approximate surface area is 81.7 Å². The van der Waals surface area contributed by atoms with Crippen LogP contribution >= 0.6 is 24.0 Å². The zero-order chi connectivity index (χ0) is 8.97. The van der Waals surface area contributed by atoms with Gasteiger partial charge in [0.1, 0.15) is 6.04 Å². The largest absolute Gasteiger partial charge is 0.351 e. The highest BCUT2D eigenvalue weighted by Gasteiger charge is 2.25. The second kappa shape index (κ2) is 4.67. The summed E-state index contributed by atoms with van der Waals surface area (Å²) < 4.78 is 0. The van der Waals surface area contributed by atoms with Gasteiger partial charge in [0.05, 0.1) is 0 Å². The molecule has 1 aliphatic rings. The second-order valence-electron chi connectivity index (χ2n) is 2.50. The molecular formula is C7H12N2OS2. The van der Waals surface area contributed by atoms with Gasteiger partial charge in [-0.15, -0.1) is 0 Å². The van der Waals surface area contributed by atoms with E-state index in [1.165, 1.54) is 0 Å². The molecule has 68 valence electrons. The first kappa shape index (κ1) is 9.80. The van der Waals surface area contributed by atoms with E-state index in [1.54, 1.807) is 0 Å². The molecule has 1 heterocycles. The standard InChI is InChI=1S/C7H12N2OS2/c1-2-12-4-3-5-6(10)9-7(11)8-5/h5H,2-4H2,1H3,(H2,8,9,10,11). The molecule has 1 aliphatic heterocycles. The molecule has 1 saturated heterocycles. The summed E-state index contributed by atoms with van der Waals surface area (Å²) in [7, 11) is 0. The smallest absolute Gasteiger partial charge is 0.248 e. The maximum Gasteiger partial charge on any atom is 0.248 e. The van der Waals surface area contributed by atoms with Crippen LogP contribution in [0.1, 0.15) is 13.3 Å². The first-order valence-electron chi connectivity index (χ1n) is 3.93. The third-order valence-electron chi connectivity index (χ3n) is 1.61. The van der Waals surface area contributed by atoms with Crippen molar-refractivity contribution in [2.24, 2.45) is 0 Å². The van der Waals surface area contributed by atoms with Gasteiger partial charge in [0, 0.05) is 0 Å². The summed E-state index contributed by atoms with van der Waals surface area (Å²) in [4.78, 5) is 11.1. The fourth-order valence-electron chi connectivity index (χ4n) is 1.01. The van der Waals surface area contributed by atoms with Gasteiger partial charge in [0.2, 0.25) is 5.91 Å². The molecule has 1 rings (SSSR count). The molecule has 1 amide bonds. The third kappa shape index (κ3) is 2.64. The molecule has 3 nitrogen and oxygen atoms in total. The van der Waals surface area contributed by atoms with Crippen LogP contribution in [0.2, 0.25) is 0 Å². The Morgan fingerprint density at radius 3 is 2.92 bits per heavy atom. The molecule has 0 aromatic carbocycles. The van der Waals surface area contributed by atoms with Crippen LogP contribution in [0.3, 0.4) is 0 Å². The predicted molar refractivity (Wildman–Crippen MR) is 55.3 cm³/mol. The highest BCUT2D eigenvalue weighted by Crippen LogP contribution is 2.06. The minimum atomic E-state index is -0.100. The summed E-state index contributed by atoms with van der Waals surface area (Å²) in [5.74, 6) is 2.11. The van der Waals surface area contributed by atoms with Crippen molar-refractivity contribution in [3.05, 3.63) is 0 Å². The van der Waals surface area contributed by atoms with Crippen molar-refractivity contribution in [1.82, 2.24) is 10.6 Å². The Hall–Kier alpha value is -0.290. The second-order valence-corrected chi connectivity index (χ2v) is 4.30. The number of rotatable bonds is 4. The number of carbonyl (C=O) groups is 1. The van der Waals surface area contributed by atoms with Gasteiger partial charge in [0.25, 0.3) is 0 Å². The van der Waals surface area contributed by atoms with Gasteiger partial charge in [-0.1, -0.05) is 6.92 Å². The lowest BCUT2D eigenvalue weighted by atomic mass is 10.2. The lowest BCUT2D eigenvalue weighted by Gasteiger charge is -2.05. The quantitative estimate of drug-likeness (QED) is 0.517. The Morgan fingerprint density at radius 1 is 1.67 bits per heavy atom. The minimum absolute atomic E-state index is 0.0108. The molecule has 0 aliphatic carbocycles. The van der Waals surface area contributed by atoms with E-state index in [9.17, 15) is 4.79 Å². The van der Waals surface area contributed by atoms with Gasteiger partial charge in [-0.3, -0.25) is 4.79 Å². The number of thiocarbonyl (C=S) groups is 1. The van der Waals surface area contributed by atoms with Gasteiger partial charge in [0.15, 0.2) is 5.11 Å². The van der Waals surface area contributed by atoms with Crippen LogP contribution in [-0.2, 0) is 4.79 Å². The average molecular weight is 204 g/mol. The highest BCUT2D eigenvalue weighted by molar-refractivity contribution is 7.99. The lowest BCUT2D eigenvalue weighted by molar-refractivity contribution is -0.120. The third-order valence-corrected chi connectivity index (χ3v) is 2.77. The minimum Gasteiger partial charge on any atom is -0.351 e. The van der Waals surface area contributed by atoms with Crippen LogP contribution in [0.15, 0.2) is 0 Å². The molecule has 0 aromatic heterocycles. The van der Waals surface area contributed by atoms with Crippen molar-refractivity contribution in [3.8, 4) is 0 Å². The fraction of sp³-hybridized carbons (Fsp3) is 0.714. The normalized spacial score (nSPS) is 22.2. The van der Waals surface area contributed by atoms with Crippen molar-refractivity contribution in [2.45, 2.75) is 19.4 Å². The molecular weight excluding hydrogens is 192 g/mol. The molecule has 2 N–H and O–H groups in total. The number of amides is 1. The molecule has 12 heavy (non-hydrogen) atoms. The fourth-order valence-corrected chi connectivity index (χ4v) is 1.94. The summed E-state index contributed by atoms with van der Waals surface area (Å²) in [5.41, 5.74) is 0. The van der Waals surface area contributed by atoms with E-state index in [1.807, 2.05) is 11.8 Å². The predicted octanol–water partition coefficient (Wildman–Crippen LogP) is 0.503. The van der Waals surface area contributed by atoms with Gasteiger partial charge < -0.3 is 10.6 Å². The highest BCUT2D eigenvalue weighted by atomic mass is 32.2. The van der Waals surface area contributed by atoms with Crippen molar-refractivity contribution in [3.63, 3.8) is 0 Å². The van der Waals surface area contributed by atoms with E-state index in [0.29, 0.717) is 5.11 Å². The SMILES string of the molecule is CCSCCC1NC(=S)NC1=O. The van der Waals surface area contributed by atoms with Crippen molar-refractivity contribution >= 4 is 35.0 Å². The molecule has 0 saturated carbocycles. The van der Waals surface area contributed by atoms with E-state index in [-0.39, 0.29) is 11.9 Å². The summed E-state index contributed by atoms with van der Waals surface area (Å²) in [6.45, 7) is 2.11. The maximum atomic E-state index is 11.1. The Kier molecular flexibility index (Phi) is 3.81. The zero-order valence-electron chi connectivity index (χ0n) is 6.92. The summed E-state index contributed by atoms with van der Waals surface area (Å²) in [5, 5.41) is 5.95. The van der Waals surface area contributed by atoms with Crippen LogP contribution < -0.4 is 10.6 Å². The van der Waals surface area contributed by atoms with Crippen LogP contribution in [0.4, 0.5) is 0 Å². The summed E-state index contributed by atoms with van der Waals surface area (Å²) >= 11 is 6.64. The van der Waals surface area contributed by atoms with Gasteiger partial charge in [-0.05, 0) is 30.1 Å². The first-order valence-corrected chi connectivity index (χ1v) is 5.49. The van der Waals surface area contributed by atoms with E-state index in [4.69, 9.17) is 12.2 Å². The van der Waals surface area contributed by atoms with Crippen molar-refractivity contribution < 1.29 is 4.79 Å². The number of nitrogens with one attached hydrogen (secondary N) is 2. The molecule has 5 heteroatoms. The average Bonchev–Trinajstić information content (AvgIpc) is 2.31. The van der Waals surface area contributed by atoms with Crippen molar-refractivity contribution in [2.75, 3.05) is 11.5 Å². The molecule has 0 aromatic rings. The first-order chi connectivity index (χ1) is 5.74. The summed E-state index contributed by atoms with van der Waals surface area (Å²) in [6.07, 6.45) is 0.852. The maximum absolute atomic E-state index is 11.1. The molecule has 1 unspecified atom stereocenters. The van der Waals surface area contributed by atoms with Crippen LogP contribution in [0.25, 0.3) is 0 Å². The van der Waals surface area contributed by atoms with Gasteiger partial charge in [-0.25, -0.2) is 0 Å². The molecule has 1 fully saturated rings. The van der Waals surface area contributed by atoms with Crippen LogP contribution in [0.5, 0.6) is 0 Å². The van der Waals surface area contributed by atoms with E-state index in [0.717, 1.165) is 17.9 Å². The van der Waals surface area contributed by atoms with Crippen LogP contribution in [0, 0.1) is 0 Å². The zero-order valence-corrected chi connectivity index (χ0v) is 8.56. The topological polar surface area (TPSA) is 41.1 Å². The number of carbonyl (C=O) groups excluding carboxylic acids is 1. The van der Waals surface area contributed by atoms with E-state index in [2.05, 4.69) is 17.6 Å². The Morgan fingerprint density at radius 2 is 2.42 bits per heavy atom. The van der Waals surface area contributed by atoms with Gasteiger partial charge in [-0.2, -0.15) is 11.8 Å². The van der Waals surface area contributed by atoms with Crippen LogP contribution in [-0.4, -0.2) is 28.6 Å². The Balaban J connectivity index is 2.24. The lowest BCUT2D eigenvalue weighted by Crippen LogP contribution is -2.29.